The van der Waals surface area contributed by atoms with Crippen LogP contribution in [0, 0.1) is 39.9 Å². The highest BCUT2D eigenvalue weighted by Crippen LogP contribution is 2.65. The highest BCUT2D eigenvalue weighted by molar-refractivity contribution is 7.86. The first-order valence-corrected chi connectivity index (χ1v) is 23.0. The summed E-state index contributed by atoms with van der Waals surface area (Å²) in [5.74, 6) is -7.69. The molecule has 60 heavy (non-hydrogen) atoms. The Kier molecular flexibility index (Phi) is 15.3. The van der Waals surface area contributed by atoms with E-state index >= 15 is 0 Å². The molecule has 0 saturated heterocycles. The second-order valence-electron chi connectivity index (χ2n) is 18.7. The average Bonchev–Trinajstić information content (AvgIpc) is 3.08. The van der Waals surface area contributed by atoms with Gasteiger partial charge in [0.05, 0.1) is 22.2 Å². The summed E-state index contributed by atoms with van der Waals surface area (Å²) >= 11 is 0. The number of rotatable bonds is 14. The van der Waals surface area contributed by atoms with Gasteiger partial charge in [0.15, 0.2) is 0 Å². The van der Waals surface area contributed by atoms with Crippen LogP contribution in [0.15, 0.2) is 0 Å². The fraction of sp³-hybridized carbons (Fsp3) is 0.895. The second kappa shape index (κ2) is 17.8. The Balaban J connectivity index is 0.000000324. The molecule has 5 aliphatic carbocycles. The second-order valence-corrected chi connectivity index (χ2v) is 21.7. The quantitative estimate of drug-likeness (QED) is 0.0764. The molecule has 0 heterocycles. The van der Waals surface area contributed by atoms with Gasteiger partial charge in [0.25, 0.3) is 20.2 Å². The van der Waals surface area contributed by atoms with Gasteiger partial charge in [0, 0.05) is 11.8 Å². The van der Waals surface area contributed by atoms with E-state index in [1.165, 1.54) is 0 Å². The van der Waals surface area contributed by atoms with Gasteiger partial charge in [-0.15, -0.1) is 0 Å². The summed E-state index contributed by atoms with van der Waals surface area (Å²) in [5, 5.41) is 0. The van der Waals surface area contributed by atoms with Gasteiger partial charge in [-0.25, -0.2) is 0 Å². The molecule has 5 aliphatic rings. The SMILES string of the molecule is CCC(C)(C)C(=O)OC1(C)C2CC3CC1CC(C(=O)OC(CS(=O)(=O)O)C(F)(F)F)(C3)C2.CCC(C)(C)C(=O)OC1(C)CCC(C(=O)OC(CS(=O)(=O)O)C(F)(F)F)CC1. The zero-order valence-corrected chi connectivity index (χ0v) is 36.7. The molecule has 4 bridgehead atoms. The predicted octanol–water partition coefficient (Wildman–Crippen LogP) is 7.19. The lowest BCUT2D eigenvalue weighted by molar-refractivity contribution is -0.244. The van der Waals surface area contributed by atoms with E-state index in [9.17, 15) is 62.4 Å². The Labute approximate surface area is 347 Å². The molecule has 4 atom stereocenters. The molecule has 2 N–H and O–H groups in total. The maximum absolute atomic E-state index is 13.3. The lowest BCUT2D eigenvalue weighted by Crippen LogP contribution is -2.64. The molecule has 0 spiro atoms. The summed E-state index contributed by atoms with van der Waals surface area (Å²) < 4.78 is 160. The van der Waals surface area contributed by atoms with E-state index in [2.05, 4.69) is 9.47 Å². The molecule has 14 nitrogen and oxygen atoms in total. The minimum Gasteiger partial charge on any atom is -0.459 e. The first kappa shape index (κ1) is 51.6. The fourth-order valence-electron chi connectivity index (χ4n) is 8.42. The van der Waals surface area contributed by atoms with Gasteiger partial charge in [-0.3, -0.25) is 28.3 Å². The summed E-state index contributed by atoms with van der Waals surface area (Å²) in [6, 6.07) is 0. The number of carbonyl (C=O) groups is 4. The highest BCUT2D eigenvalue weighted by Gasteiger charge is 2.66. The monoisotopic (exact) mass is 916 g/mol. The normalized spacial score (nSPS) is 30.6. The molecule has 5 fully saturated rings. The van der Waals surface area contributed by atoms with E-state index in [4.69, 9.17) is 18.6 Å². The van der Waals surface area contributed by atoms with Crippen molar-refractivity contribution in [1.82, 2.24) is 0 Å². The average molecular weight is 917 g/mol. The van der Waals surface area contributed by atoms with Gasteiger partial charge in [0.2, 0.25) is 12.2 Å². The van der Waals surface area contributed by atoms with E-state index in [0.29, 0.717) is 32.1 Å². The first-order valence-electron chi connectivity index (χ1n) is 19.8. The zero-order valence-electron chi connectivity index (χ0n) is 35.0. The van der Waals surface area contributed by atoms with E-state index in [0.717, 1.165) is 0 Å². The van der Waals surface area contributed by atoms with Crippen LogP contribution >= 0.6 is 0 Å². The standard InChI is InChI=1S/C21H31F3O7S.C17H27F3O7S/c1-5-18(2,3)16(25)31-19(4)13-6-12-7-14(19)10-20(8-12,9-13)17(26)30-15(21(22,23)24)11-32(27,28)29;1-5-15(2,3)14(22)27-16(4)8-6-11(7-9-16)13(21)26-12(17(18,19)20)10-28(23,24)25/h12-15H,5-11H2,1-4H3,(H,27,28,29);11-12H,5-10H2,1-4H3,(H,23,24,25). The van der Waals surface area contributed by atoms with Crippen molar-refractivity contribution in [3.8, 4) is 0 Å². The third-order valence-electron chi connectivity index (χ3n) is 13.1. The van der Waals surface area contributed by atoms with Crippen molar-refractivity contribution in [2.24, 2.45) is 39.9 Å². The molecule has 0 aromatic heterocycles. The minimum absolute atomic E-state index is 0.0944. The molecule has 348 valence electrons. The van der Waals surface area contributed by atoms with Crippen molar-refractivity contribution in [3.63, 3.8) is 0 Å². The molecular weight excluding hydrogens is 859 g/mol. The molecule has 0 radical (unpaired) electrons. The van der Waals surface area contributed by atoms with Crippen molar-refractivity contribution in [1.29, 1.82) is 0 Å². The van der Waals surface area contributed by atoms with Crippen LogP contribution < -0.4 is 0 Å². The molecule has 22 heteroatoms. The van der Waals surface area contributed by atoms with E-state index in [1.54, 1.807) is 34.6 Å². The smallest absolute Gasteiger partial charge is 0.426 e. The molecule has 5 saturated carbocycles. The molecule has 5 rings (SSSR count). The van der Waals surface area contributed by atoms with Crippen LogP contribution in [0.3, 0.4) is 0 Å². The van der Waals surface area contributed by atoms with Crippen molar-refractivity contribution in [2.45, 2.75) is 162 Å². The van der Waals surface area contributed by atoms with Gasteiger partial charge in [0.1, 0.15) is 22.7 Å². The van der Waals surface area contributed by atoms with E-state index in [1.807, 2.05) is 20.8 Å². The summed E-state index contributed by atoms with van der Waals surface area (Å²) in [5.41, 5.74) is -4.18. The number of halogens is 6. The Morgan fingerprint density at radius 2 is 1.08 bits per heavy atom. The minimum atomic E-state index is -5.14. The lowest BCUT2D eigenvalue weighted by Gasteiger charge is -2.62. The van der Waals surface area contributed by atoms with Gasteiger partial charge >= 0.3 is 36.2 Å². The number of alkyl halides is 6. The van der Waals surface area contributed by atoms with Crippen molar-refractivity contribution in [2.75, 3.05) is 11.5 Å². The van der Waals surface area contributed by atoms with Crippen LogP contribution in [0.5, 0.6) is 0 Å². The molecular formula is C38H58F6O14S2. The van der Waals surface area contributed by atoms with Gasteiger partial charge < -0.3 is 18.9 Å². The van der Waals surface area contributed by atoms with Crippen molar-refractivity contribution >= 4 is 44.1 Å². The zero-order chi connectivity index (χ0) is 46.3. The summed E-state index contributed by atoms with van der Waals surface area (Å²) in [7, 11) is -10.00. The molecule has 0 amide bonds. The topological polar surface area (TPSA) is 214 Å². The summed E-state index contributed by atoms with van der Waals surface area (Å²) in [4.78, 5) is 50.1. The largest absolute Gasteiger partial charge is 0.459 e. The molecule has 0 aromatic rings. The van der Waals surface area contributed by atoms with Crippen LogP contribution in [-0.2, 0) is 58.4 Å². The van der Waals surface area contributed by atoms with Crippen LogP contribution in [0.2, 0.25) is 0 Å². The van der Waals surface area contributed by atoms with Crippen molar-refractivity contribution < 1.29 is 90.4 Å². The van der Waals surface area contributed by atoms with Crippen molar-refractivity contribution in [3.05, 3.63) is 0 Å². The highest BCUT2D eigenvalue weighted by atomic mass is 32.2. The maximum atomic E-state index is 13.3. The van der Waals surface area contributed by atoms with Crippen LogP contribution in [0.4, 0.5) is 26.3 Å². The summed E-state index contributed by atoms with van der Waals surface area (Å²) in [6.07, 6.45) is -12.0. The third kappa shape index (κ3) is 12.9. The van der Waals surface area contributed by atoms with Crippen LogP contribution in [0.1, 0.15) is 126 Å². The number of ether oxygens (including phenoxy) is 4. The number of esters is 4. The third-order valence-corrected chi connectivity index (χ3v) is 14.6. The lowest BCUT2D eigenvalue weighted by atomic mass is 9.45. The molecule has 0 aromatic carbocycles. The first-order chi connectivity index (χ1) is 26.9. The van der Waals surface area contributed by atoms with Gasteiger partial charge in [-0.2, -0.15) is 43.2 Å². The van der Waals surface area contributed by atoms with Gasteiger partial charge in [-0.05, 0) is 118 Å². The molecule has 4 unspecified atom stereocenters. The number of hydrogen-bond donors (Lipinski definition) is 2. The summed E-state index contributed by atoms with van der Waals surface area (Å²) in [6.45, 7) is 14.4. The Hall–Kier alpha value is -2.72. The van der Waals surface area contributed by atoms with E-state index in [-0.39, 0.29) is 68.2 Å². The number of hydrogen-bond acceptors (Lipinski definition) is 12. The Morgan fingerprint density at radius 1 is 0.683 bits per heavy atom. The predicted molar refractivity (Wildman–Crippen MR) is 200 cm³/mol. The molecule has 0 aliphatic heterocycles. The van der Waals surface area contributed by atoms with E-state index < -0.39 is 102 Å². The number of carbonyl (C=O) groups excluding carboxylic acids is 4. The van der Waals surface area contributed by atoms with Gasteiger partial charge in [-0.1, -0.05) is 13.8 Å². The Bertz CT molecular complexity index is 1800. The fourth-order valence-corrected chi connectivity index (χ4v) is 9.70. The maximum Gasteiger partial charge on any atom is 0.426 e. The van der Waals surface area contributed by atoms with Crippen LogP contribution in [0.25, 0.3) is 0 Å². The Morgan fingerprint density at radius 3 is 1.47 bits per heavy atom. The van der Waals surface area contributed by atoms with Crippen LogP contribution in [-0.4, -0.2) is 97.1 Å².